The Morgan fingerprint density at radius 1 is 0.850 bits per heavy atom. The smallest absolute Gasteiger partial charge is 0.124 e. The third kappa shape index (κ3) is 3.11. The Hall–Kier alpha value is -1.58. The zero-order valence-electron chi connectivity index (χ0n) is 10.8. The van der Waals surface area contributed by atoms with Crippen LogP contribution in [0.15, 0.2) is 70.5 Å². The summed E-state index contributed by atoms with van der Waals surface area (Å²) < 4.78 is 6.92. The third-order valence-electron chi connectivity index (χ3n) is 3.02. The average molecular weight is 345 g/mol. The summed E-state index contributed by atoms with van der Waals surface area (Å²) in [6.45, 7) is 0.600. The van der Waals surface area contributed by atoms with Gasteiger partial charge in [0.15, 0.2) is 0 Å². The minimum Gasteiger partial charge on any atom is -0.488 e. The molecule has 0 unspecified atom stereocenters. The van der Waals surface area contributed by atoms with Crippen molar-refractivity contribution in [2.45, 2.75) is 6.61 Å². The second-order valence-electron chi connectivity index (χ2n) is 4.37. The van der Waals surface area contributed by atoms with Crippen LogP contribution in [0, 0.1) is 0 Å². The van der Waals surface area contributed by atoms with Gasteiger partial charge >= 0.3 is 0 Å². The van der Waals surface area contributed by atoms with E-state index in [9.17, 15) is 0 Å². The molecule has 0 fully saturated rings. The van der Waals surface area contributed by atoms with Gasteiger partial charge in [-0.15, -0.1) is 11.3 Å². The molecule has 0 atom stereocenters. The SMILES string of the molecule is Brc1ccsc1COc1ccc(-c2ccccc2)cc1. The first-order chi connectivity index (χ1) is 9.83. The van der Waals surface area contributed by atoms with Crippen LogP contribution in [0.4, 0.5) is 0 Å². The van der Waals surface area contributed by atoms with Gasteiger partial charge < -0.3 is 4.74 Å². The normalized spacial score (nSPS) is 10.4. The molecule has 0 aliphatic carbocycles. The first kappa shape index (κ1) is 13.4. The summed E-state index contributed by atoms with van der Waals surface area (Å²) >= 11 is 5.21. The first-order valence-corrected chi connectivity index (χ1v) is 8.00. The largest absolute Gasteiger partial charge is 0.488 e. The number of halogens is 1. The number of rotatable bonds is 4. The maximum atomic E-state index is 5.80. The quantitative estimate of drug-likeness (QED) is 0.584. The third-order valence-corrected chi connectivity index (χ3v) is 4.92. The molecule has 1 aromatic heterocycles. The number of benzene rings is 2. The van der Waals surface area contributed by atoms with Gasteiger partial charge in [0.1, 0.15) is 12.4 Å². The van der Waals surface area contributed by atoms with Gasteiger partial charge in [-0.1, -0.05) is 42.5 Å². The lowest BCUT2D eigenvalue weighted by Crippen LogP contribution is -1.93. The van der Waals surface area contributed by atoms with Crippen molar-refractivity contribution >= 4 is 27.3 Å². The Morgan fingerprint density at radius 2 is 1.55 bits per heavy atom. The summed E-state index contributed by atoms with van der Waals surface area (Å²) in [7, 11) is 0. The van der Waals surface area contributed by atoms with Gasteiger partial charge in [0.25, 0.3) is 0 Å². The predicted octanol–water partition coefficient (Wildman–Crippen LogP) is 5.76. The van der Waals surface area contributed by atoms with E-state index in [1.54, 1.807) is 11.3 Å². The first-order valence-electron chi connectivity index (χ1n) is 6.33. The fraction of sp³-hybridized carbons (Fsp3) is 0.0588. The van der Waals surface area contributed by atoms with Crippen LogP contribution in [0.5, 0.6) is 5.75 Å². The highest BCUT2D eigenvalue weighted by atomic mass is 79.9. The van der Waals surface area contributed by atoms with Gasteiger partial charge in [-0.3, -0.25) is 0 Å². The maximum absolute atomic E-state index is 5.80. The van der Waals surface area contributed by atoms with E-state index in [1.165, 1.54) is 16.0 Å². The van der Waals surface area contributed by atoms with Crippen molar-refractivity contribution in [1.82, 2.24) is 0 Å². The molecule has 3 aromatic rings. The summed E-state index contributed by atoms with van der Waals surface area (Å²) in [5, 5.41) is 2.06. The summed E-state index contributed by atoms with van der Waals surface area (Å²) in [6, 6.07) is 20.6. The number of hydrogen-bond donors (Lipinski definition) is 0. The highest BCUT2D eigenvalue weighted by molar-refractivity contribution is 9.10. The van der Waals surface area contributed by atoms with Crippen LogP contribution in [-0.4, -0.2) is 0 Å². The fourth-order valence-corrected chi connectivity index (χ4v) is 3.33. The summed E-state index contributed by atoms with van der Waals surface area (Å²) in [6.07, 6.45) is 0. The van der Waals surface area contributed by atoms with Gasteiger partial charge in [-0.05, 0) is 50.6 Å². The topological polar surface area (TPSA) is 9.23 Å². The van der Waals surface area contributed by atoms with Crippen LogP contribution < -0.4 is 4.74 Å². The molecule has 20 heavy (non-hydrogen) atoms. The lowest BCUT2D eigenvalue weighted by atomic mass is 10.1. The Morgan fingerprint density at radius 3 is 2.20 bits per heavy atom. The molecule has 1 heterocycles. The molecule has 100 valence electrons. The van der Waals surface area contributed by atoms with Crippen LogP contribution >= 0.6 is 27.3 Å². The van der Waals surface area contributed by atoms with E-state index in [0.29, 0.717) is 6.61 Å². The van der Waals surface area contributed by atoms with Crippen LogP contribution in [0.25, 0.3) is 11.1 Å². The summed E-state index contributed by atoms with van der Waals surface area (Å²) in [4.78, 5) is 1.21. The van der Waals surface area contributed by atoms with Crippen LogP contribution in [0.3, 0.4) is 0 Å². The standard InChI is InChI=1S/C17H13BrOS/c18-16-10-11-20-17(16)12-19-15-8-6-14(7-9-15)13-4-2-1-3-5-13/h1-11H,12H2. The zero-order chi connectivity index (χ0) is 13.8. The highest BCUT2D eigenvalue weighted by Gasteiger charge is 2.03. The molecule has 1 nitrogen and oxygen atoms in total. The Bertz CT molecular complexity index is 674. The van der Waals surface area contributed by atoms with E-state index in [4.69, 9.17) is 4.74 Å². The summed E-state index contributed by atoms with van der Waals surface area (Å²) in [5.74, 6) is 0.894. The van der Waals surface area contributed by atoms with Gasteiger partial charge in [-0.25, -0.2) is 0 Å². The minimum atomic E-state index is 0.600. The minimum absolute atomic E-state index is 0.600. The molecular weight excluding hydrogens is 332 g/mol. The average Bonchev–Trinajstić information content (AvgIpc) is 2.92. The molecular formula is C17H13BrOS. The van der Waals surface area contributed by atoms with Crippen LogP contribution in [-0.2, 0) is 6.61 Å². The molecule has 0 saturated heterocycles. The van der Waals surface area contributed by atoms with Crippen molar-refractivity contribution in [2.75, 3.05) is 0 Å². The molecule has 0 bridgehead atoms. The molecule has 3 heteroatoms. The number of thiophene rings is 1. The molecule has 3 rings (SSSR count). The predicted molar refractivity (Wildman–Crippen MR) is 88.2 cm³/mol. The van der Waals surface area contributed by atoms with E-state index in [1.807, 2.05) is 36.4 Å². The van der Waals surface area contributed by atoms with Crippen LogP contribution in [0.2, 0.25) is 0 Å². The van der Waals surface area contributed by atoms with Gasteiger partial charge in [-0.2, -0.15) is 0 Å². The van der Waals surface area contributed by atoms with Crippen molar-refractivity contribution in [3.63, 3.8) is 0 Å². The Balaban J connectivity index is 1.69. The molecule has 0 aliphatic rings. The monoisotopic (exact) mass is 344 g/mol. The van der Waals surface area contributed by atoms with E-state index in [-0.39, 0.29) is 0 Å². The fourth-order valence-electron chi connectivity index (χ4n) is 1.95. The molecule has 2 aromatic carbocycles. The zero-order valence-corrected chi connectivity index (χ0v) is 13.2. The second kappa shape index (κ2) is 6.25. The maximum Gasteiger partial charge on any atom is 0.124 e. The number of hydrogen-bond acceptors (Lipinski definition) is 2. The molecule has 0 radical (unpaired) electrons. The van der Waals surface area contributed by atoms with Crippen LogP contribution in [0.1, 0.15) is 4.88 Å². The van der Waals surface area contributed by atoms with Gasteiger partial charge in [0, 0.05) is 4.47 Å². The van der Waals surface area contributed by atoms with E-state index in [0.717, 1.165) is 10.2 Å². The molecule has 0 aliphatic heterocycles. The lowest BCUT2D eigenvalue weighted by molar-refractivity contribution is 0.309. The van der Waals surface area contributed by atoms with Crippen molar-refractivity contribution in [3.05, 3.63) is 75.4 Å². The van der Waals surface area contributed by atoms with Crippen molar-refractivity contribution in [1.29, 1.82) is 0 Å². The lowest BCUT2D eigenvalue weighted by Gasteiger charge is -2.07. The van der Waals surface area contributed by atoms with Crippen molar-refractivity contribution in [2.24, 2.45) is 0 Å². The second-order valence-corrected chi connectivity index (χ2v) is 6.23. The molecule has 0 N–H and O–H groups in total. The molecule has 0 saturated carbocycles. The van der Waals surface area contributed by atoms with E-state index in [2.05, 4.69) is 45.6 Å². The van der Waals surface area contributed by atoms with E-state index < -0.39 is 0 Å². The molecule has 0 spiro atoms. The van der Waals surface area contributed by atoms with Crippen molar-refractivity contribution < 1.29 is 4.74 Å². The Kier molecular flexibility index (Phi) is 4.19. The van der Waals surface area contributed by atoms with E-state index >= 15 is 0 Å². The highest BCUT2D eigenvalue weighted by Crippen LogP contribution is 2.26. The van der Waals surface area contributed by atoms with Gasteiger partial charge in [0.2, 0.25) is 0 Å². The van der Waals surface area contributed by atoms with Gasteiger partial charge in [0.05, 0.1) is 4.88 Å². The summed E-state index contributed by atoms with van der Waals surface area (Å²) in [5.41, 5.74) is 2.43. The Labute approximate surface area is 131 Å². The molecule has 0 amide bonds. The number of ether oxygens (including phenoxy) is 1. The van der Waals surface area contributed by atoms with Crippen molar-refractivity contribution in [3.8, 4) is 16.9 Å².